The summed E-state index contributed by atoms with van der Waals surface area (Å²) >= 11 is 1.64. The lowest BCUT2D eigenvalue weighted by atomic mass is 10.1. The van der Waals surface area contributed by atoms with Crippen LogP contribution in [0.25, 0.3) is 32.3 Å². The molecule has 30 heavy (non-hydrogen) atoms. The first kappa shape index (κ1) is 19.4. The number of hydrogen-bond donors (Lipinski definition) is 3. The summed E-state index contributed by atoms with van der Waals surface area (Å²) in [5.41, 5.74) is 21.2. The molecule has 0 saturated heterocycles. The van der Waals surface area contributed by atoms with Crippen LogP contribution >= 0.6 is 11.3 Å². The van der Waals surface area contributed by atoms with E-state index < -0.39 is 0 Å². The molecule has 0 aliphatic rings. The topological polar surface area (TPSA) is 116 Å². The maximum atomic E-state index is 5.77. The lowest BCUT2D eigenvalue weighted by Gasteiger charge is -2.02. The van der Waals surface area contributed by atoms with Crippen molar-refractivity contribution >= 4 is 28.9 Å². The minimum atomic E-state index is -0.132. The van der Waals surface area contributed by atoms with Crippen LogP contribution in [0.15, 0.2) is 94.9 Å². The molecular formula is C23H20N6S. The Hall–Kier alpha value is -3.97. The number of thiazole rings is 1. The zero-order valence-corrected chi connectivity index (χ0v) is 16.9. The van der Waals surface area contributed by atoms with Crippen molar-refractivity contribution in [1.29, 1.82) is 0 Å². The van der Waals surface area contributed by atoms with Gasteiger partial charge in [-0.25, -0.2) is 9.98 Å². The zero-order valence-electron chi connectivity index (χ0n) is 16.1. The molecule has 3 aromatic carbocycles. The van der Waals surface area contributed by atoms with Gasteiger partial charge in [0.25, 0.3) is 0 Å². The second-order valence-corrected chi connectivity index (χ2v) is 7.48. The maximum Gasteiger partial charge on any atom is 0.223 e. The van der Waals surface area contributed by atoms with Crippen molar-refractivity contribution in [3.63, 3.8) is 0 Å². The molecule has 0 amide bonds. The number of nitrogens with two attached hydrogens (primary N) is 3. The molecule has 0 saturated carbocycles. The molecule has 4 rings (SSSR count). The third-order valence-corrected chi connectivity index (χ3v) is 5.44. The molecule has 7 heteroatoms. The number of aromatic nitrogens is 1. The molecule has 0 unspecified atom stereocenters. The third kappa shape index (κ3) is 4.37. The molecule has 0 radical (unpaired) electrons. The van der Waals surface area contributed by atoms with Gasteiger partial charge in [0.15, 0.2) is 5.96 Å². The maximum absolute atomic E-state index is 5.77. The quantitative estimate of drug-likeness (QED) is 0.341. The highest BCUT2D eigenvalue weighted by Gasteiger charge is 2.16. The number of benzene rings is 3. The van der Waals surface area contributed by atoms with Crippen LogP contribution in [-0.2, 0) is 0 Å². The molecule has 0 aliphatic carbocycles. The van der Waals surface area contributed by atoms with Gasteiger partial charge in [0.1, 0.15) is 5.01 Å². The van der Waals surface area contributed by atoms with Crippen molar-refractivity contribution in [3.05, 3.63) is 84.9 Å². The Balaban J connectivity index is 1.80. The molecule has 0 atom stereocenters. The average Bonchev–Trinajstić information content (AvgIpc) is 3.20. The normalized spacial score (nSPS) is 11.3. The molecule has 1 heterocycles. The summed E-state index contributed by atoms with van der Waals surface area (Å²) in [6, 6.07) is 28.1. The number of guanidine groups is 2. The highest BCUT2D eigenvalue weighted by molar-refractivity contribution is 7.19. The Bertz CT molecular complexity index is 1150. The molecule has 1 aromatic heterocycles. The van der Waals surface area contributed by atoms with Crippen molar-refractivity contribution < 1.29 is 0 Å². The molecule has 6 N–H and O–H groups in total. The molecule has 0 aliphatic heterocycles. The minimum Gasteiger partial charge on any atom is -0.370 e. The van der Waals surface area contributed by atoms with Crippen LogP contribution in [0.2, 0.25) is 0 Å². The van der Waals surface area contributed by atoms with Gasteiger partial charge in [-0.1, -0.05) is 72.8 Å². The molecule has 148 valence electrons. The fourth-order valence-electron chi connectivity index (χ4n) is 3.02. The Morgan fingerprint density at radius 2 is 1.37 bits per heavy atom. The van der Waals surface area contributed by atoms with E-state index in [2.05, 4.69) is 34.3 Å². The average molecular weight is 413 g/mol. The van der Waals surface area contributed by atoms with Gasteiger partial charge in [-0.3, -0.25) is 0 Å². The lowest BCUT2D eigenvalue weighted by molar-refractivity contribution is 1.37. The van der Waals surface area contributed by atoms with E-state index in [0.29, 0.717) is 5.69 Å². The van der Waals surface area contributed by atoms with Crippen molar-refractivity contribution in [2.24, 2.45) is 27.2 Å². The summed E-state index contributed by atoms with van der Waals surface area (Å²) in [5.74, 6) is -0.131. The first-order valence-corrected chi connectivity index (χ1v) is 10.1. The highest BCUT2D eigenvalue weighted by atomic mass is 32.1. The van der Waals surface area contributed by atoms with E-state index in [-0.39, 0.29) is 11.9 Å². The monoisotopic (exact) mass is 412 g/mol. The fourth-order valence-corrected chi connectivity index (χ4v) is 4.11. The smallest absolute Gasteiger partial charge is 0.223 e. The van der Waals surface area contributed by atoms with Crippen LogP contribution in [-0.4, -0.2) is 16.9 Å². The van der Waals surface area contributed by atoms with Crippen LogP contribution in [0.1, 0.15) is 0 Å². The number of aliphatic imine (C=N–C) groups is 2. The van der Waals surface area contributed by atoms with Gasteiger partial charge >= 0.3 is 0 Å². The predicted molar refractivity (Wildman–Crippen MR) is 126 cm³/mol. The van der Waals surface area contributed by atoms with E-state index in [4.69, 9.17) is 22.2 Å². The molecule has 0 bridgehead atoms. The van der Waals surface area contributed by atoms with Gasteiger partial charge in [-0.05, 0) is 17.7 Å². The van der Waals surface area contributed by atoms with Crippen LogP contribution in [0.5, 0.6) is 0 Å². The van der Waals surface area contributed by atoms with E-state index in [0.717, 1.165) is 32.3 Å². The first-order valence-electron chi connectivity index (χ1n) is 9.26. The van der Waals surface area contributed by atoms with E-state index >= 15 is 0 Å². The van der Waals surface area contributed by atoms with Gasteiger partial charge in [0, 0.05) is 11.1 Å². The summed E-state index contributed by atoms with van der Waals surface area (Å²) in [6.45, 7) is 0. The van der Waals surface area contributed by atoms with Crippen LogP contribution in [0, 0.1) is 0 Å². The van der Waals surface area contributed by atoms with Crippen LogP contribution in [0.4, 0.5) is 5.69 Å². The van der Waals surface area contributed by atoms with E-state index in [1.54, 1.807) is 11.3 Å². The summed E-state index contributed by atoms with van der Waals surface area (Å²) in [5, 5.41) is 0.894. The van der Waals surface area contributed by atoms with Gasteiger partial charge < -0.3 is 17.2 Å². The van der Waals surface area contributed by atoms with Crippen molar-refractivity contribution in [2.45, 2.75) is 0 Å². The number of nitrogens with zero attached hydrogens (tertiary/aromatic N) is 3. The van der Waals surface area contributed by atoms with Gasteiger partial charge in [-0.15, -0.1) is 11.3 Å². The number of rotatable bonds is 4. The predicted octanol–water partition coefficient (Wildman–Crippen LogP) is 4.36. The first-order chi connectivity index (χ1) is 14.6. The summed E-state index contributed by atoms with van der Waals surface area (Å²) in [6.07, 6.45) is 0. The van der Waals surface area contributed by atoms with Crippen molar-refractivity contribution in [2.75, 3.05) is 0 Å². The van der Waals surface area contributed by atoms with Crippen molar-refractivity contribution in [3.8, 4) is 32.3 Å². The highest BCUT2D eigenvalue weighted by Crippen LogP contribution is 2.40. The van der Waals surface area contributed by atoms with Gasteiger partial charge in [-0.2, -0.15) is 4.99 Å². The zero-order chi connectivity index (χ0) is 20.9. The second-order valence-electron chi connectivity index (χ2n) is 6.49. The summed E-state index contributed by atoms with van der Waals surface area (Å²) in [7, 11) is 0. The molecule has 6 nitrogen and oxygen atoms in total. The van der Waals surface area contributed by atoms with Crippen molar-refractivity contribution in [1.82, 2.24) is 4.98 Å². The lowest BCUT2D eigenvalue weighted by Crippen LogP contribution is -2.26. The van der Waals surface area contributed by atoms with Crippen LogP contribution in [0.3, 0.4) is 0 Å². The van der Waals surface area contributed by atoms with Gasteiger partial charge in [0.05, 0.1) is 16.3 Å². The molecule has 4 aromatic rings. The Kier molecular flexibility index (Phi) is 5.54. The standard InChI is InChI=1S/C23H20N6S/c24-22(25)29-23(26)27-18-13-7-12-17(14-18)21-28-19(15-8-3-1-4-9-15)20(30-21)16-10-5-2-6-11-16/h1-14H,(H6,24,25,26,27,29). The Morgan fingerprint density at radius 1 is 0.733 bits per heavy atom. The van der Waals surface area contributed by atoms with Crippen LogP contribution < -0.4 is 17.2 Å². The Labute approximate surface area is 178 Å². The second kappa shape index (κ2) is 8.59. The molecule has 0 fully saturated rings. The van der Waals surface area contributed by atoms with E-state index in [1.807, 2.05) is 60.7 Å². The summed E-state index contributed by atoms with van der Waals surface area (Å²) < 4.78 is 0. The van der Waals surface area contributed by atoms with E-state index in [1.165, 1.54) is 0 Å². The largest absolute Gasteiger partial charge is 0.370 e. The molecule has 0 spiro atoms. The minimum absolute atomic E-state index is 0.00115. The SMILES string of the molecule is NC(N)=NC(N)=Nc1cccc(-c2nc(-c3ccccc3)c(-c3ccccc3)s2)c1. The Morgan fingerprint density at radius 3 is 2.03 bits per heavy atom. The molecular weight excluding hydrogens is 392 g/mol. The van der Waals surface area contributed by atoms with E-state index in [9.17, 15) is 0 Å². The number of hydrogen-bond acceptors (Lipinski definition) is 3. The fraction of sp³-hybridized carbons (Fsp3) is 0. The summed E-state index contributed by atoms with van der Waals surface area (Å²) in [4.78, 5) is 14.1. The third-order valence-electron chi connectivity index (χ3n) is 4.29. The van der Waals surface area contributed by atoms with Gasteiger partial charge in [0.2, 0.25) is 5.96 Å².